The standard InChI is InChI=1S/C10H20N.H2O/c1-11(2,3)10-7-8-4-5-9(10)6-8;/h8-10H,4-7H2,1-3H3;1H2/q+1;/p-1. The van der Waals surface area contributed by atoms with Crippen molar-refractivity contribution in [3.8, 4) is 0 Å². The average molecular weight is 171 g/mol. The molecule has 2 fully saturated rings. The molecule has 2 rings (SSSR count). The van der Waals surface area contributed by atoms with E-state index in [2.05, 4.69) is 21.1 Å². The minimum atomic E-state index is 0. The van der Waals surface area contributed by atoms with Gasteiger partial charge in [-0.25, -0.2) is 0 Å². The van der Waals surface area contributed by atoms with Gasteiger partial charge in [0.2, 0.25) is 0 Å². The first kappa shape index (κ1) is 10.0. The Bertz CT molecular complexity index is 162. The van der Waals surface area contributed by atoms with Crippen LogP contribution in [0.25, 0.3) is 0 Å². The van der Waals surface area contributed by atoms with Crippen molar-refractivity contribution in [3.63, 3.8) is 0 Å². The molecule has 0 aromatic rings. The molecule has 3 unspecified atom stereocenters. The van der Waals surface area contributed by atoms with Gasteiger partial charge in [-0.1, -0.05) is 0 Å². The maximum absolute atomic E-state index is 2.35. The molecule has 2 bridgehead atoms. The van der Waals surface area contributed by atoms with E-state index >= 15 is 0 Å². The smallest absolute Gasteiger partial charge is 0.0915 e. The van der Waals surface area contributed by atoms with Gasteiger partial charge in [0.15, 0.2) is 0 Å². The summed E-state index contributed by atoms with van der Waals surface area (Å²) in [6, 6.07) is 0.980. The molecule has 0 radical (unpaired) electrons. The molecule has 2 heteroatoms. The van der Waals surface area contributed by atoms with Crippen molar-refractivity contribution in [1.29, 1.82) is 0 Å². The number of quaternary nitrogens is 1. The van der Waals surface area contributed by atoms with Crippen molar-refractivity contribution in [2.24, 2.45) is 11.8 Å². The van der Waals surface area contributed by atoms with Crippen molar-refractivity contribution in [2.75, 3.05) is 21.1 Å². The Balaban J connectivity index is 0.000000720. The van der Waals surface area contributed by atoms with Gasteiger partial charge in [-0.3, -0.25) is 0 Å². The zero-order valence-corrected chi connectivity index (χ0v) is 8.45. The fraction of sp³-hybridized carbons (Fsp3) is 1.00. The average Bonchev–Trinajstić information content (AvgIpc) is 2.42. The summed E-state index contributed by atoms with van der Waals surface area (Å²) in [6.45, 7) is 0. The van der Waals surface area contributed by atoms with Crippen LogP contribution in [0.15, 0.2) is 0 Å². The Hall–Kier alpha value is -0.0800. The summed E-state index contributed by atoms with van der Waals surface area (Å²) >= 11 is 0. The van der Waals surface area contributed by atoms with E-state index in [-0.39, 0.29) is 5.48 Å². The molecule has 2 aliphatic rings. The highest BCUT2D eigenvalue weighted by Gasteiger charge is 2.45. The zero-order valence-electron chi connectivity index (χ0n) is 8.45. The van der Waals surface area contributed by atoms with E-state index in [4.69, 9.17) is 0 Å². The Kier molecular flexibility index (Phi) is 2.50. The largest absolute Gasteiger partial charge is 0.870 e. The van der Waals surface area contributed by atoms with E-state index in [0.717, 1.165) is 17.9 Å². The lowest BCUT2D eigenvalue weighted by atomic mass is 9.93. The van der Waals surface area contributed by atoms with Crippen LogP contribution >= 0.6 is 0 Å². The first-order chi connectivity index (χ1) is 5.07. The third-order valence-electron chi connectivity index (χ3n) is 3.70. The third kappa shape index (κ3) is 1.50. The molecule has 0 aromatic heterocycles. The van der Waals surface area contributed by atoms with Crippen LogP contribution in [0, 0.1) is 11.8 Å². The molecule has 2 nitrogen and oxygen atoms in total. The Labute approximate surface area is 75.5 Å². The van der Waals surface area contributed by atoms with E-state index in [1.54, 1.807) is 6.42 Å². The van der Waals surface area contributed by atoms with E-state index in [1.165, 1.54) is 23.7 Å². The second-order valence-corrected chi connectivity index (χ2v) is 5.36. The van der Waals surface area contributed by atoms with Gasteiger partial charge in [0.25, 0.3) is 0 Å². The number of fused-ring (bicyclic) bond motifs is 2. The fourth-order valence-electron chi connectivity index (χ4n) is 3.16. The Morgan fingerprint density at radius 1 is 1.00 bits per heavy atom. The number of nitrogens with zero attached hydrogens (tertiary/aromatic N) is 1. The van der Waals surface area contributed by atoms with Gasteiger partial charge in [-0.05, 0) is 25.2 Å². The van der Waals surface area contributed by atoms with Gasteiger partial charge >= 0.3 is 0 Å². The topological polar surface area (TPSA) is 30.0 Å². The lowest BCUT2D eigenvalue weighted by Gasteiger charge is -2.36. The minimum Gasteiger partial charge on any atom is -0.870 e. The van der Waals surface area contributed by atoms with Crippen molar-refractivity contribution < 1.29 is 9.96 Å². The van der Waals surface area contributed by atoms with E-state index in [0.29, 0.717) is 0 Å². The maximum atomic E-state index is 2.35. The summed E-state index contributed by atoms with van der Waals surface area (Å²) in [7, 11) is 7.06. The molecule has 0 saturated heterocycles. The molecular formula is C10H21NO. The van der Waals surface area contributed by atoms with Crippen LogP contribution in [0.2, 0.25) is 0 Å². The predicted molar refractivity (Wildman–Crippen MR) is 49.2 cm³/mol. The van der Waals surface area contributed by atoms with Gasteiger partial charge in [0, 0.05) is 12.3 Å². The molecule has 2 aliphatic carbocycles. The van der Waals surface area contributed by atoms with Crippen LogP contribution in [0.4, 0.5) is 0 Å². The number of hydrogen-bond acceptors (Lipinski definition) is 1. The van der Waals surface area contributed by atoms with Crippen LogP contribution < -0.4 is 0 Å². The van der Waals surface area contributed by atoms with E-state index < -0.39 is 0 Å². The maximum Gasteiger partial charge on any atom is 0.0915 e. The Morgan fingerprint density at radius 2 is 1.67 bits per heavy atom. The molecule has 0 heterocycles. The second-order valence-electron chi connectivity index (χ2n) is 5.36. The van der Waals surface area contributed by atoms with Gasteiger partial charge in [-0.15, -0.1) is 0 Å². The summed E-state index contributed by atoms with van der Waals surface area (Å²) in [5.74, 6) is 2.17. The van der Waals surface area contributed by atoms with Gasteiger partial charge < -0.3 is 9.96 Å². The van der Waals surface area contributed by atoms with E-state index in [1.807, 2.05) is 0 Å². The van der Waals surface area contributed by atoms with Gasteiger partial charge in [0.05, 0.1) is 27.2 Å². The minimum absolute atomic E-state index is 0. The predicted octanol–water partition coefficient (Wildman–Crippen LogP) is 1.70. The molecule has 0 amide bonds. The third-order valence-corrected chi connectivity index (χ3v) is 3.70. The zero-order chi connectivity index (χ0) is 8.06. The van der Waals surface area contributed by atoms with Crippen molar-refractivity contribution in [1.82, 2.24) is 0 Å². The Morgan fingerprint density at radius 3 is 1.92 bits per heavy atom. The van der Waals surface area contributed by atoms with Gasteiger partial charge in [-0.2, -0.15) is 0 Å². The van der Waals surface area contributed by atoms with E-state index in [9.17, 15) is 0 Å². The van der Waals surface area contributed by atoms with Crippen LogP contribution in [0.5, 0.6) is 0 Å². The molecular weight excluding hydrogens is 150 g/mol. The first-order valence-corrected chi connectivity index (χ1v) is 4.88. The van der Waals surface area contributed by atoms with Crippen LogP contribution in [-0.2, 0) is 0 Å². The molecule has 72 valence electrons. The van der Waals surface area contributed by atoms with Gasteiger partial charge in [0.1, 0.15) is 0 Å². The monoisotopic (exact) mass is 171 g/mol. The van der Waals surface area contributed by atoms with Crippen molar-refractivity contribution >= 4 is 0 Å². The fourth-order valence-corrected chi connectivity index (χ4v) is 3.16. The number of rotatable bonds is 1. The molecule has 0 spiro atoms. The highest BCUT2D eigenvalue weighted by molar-refractivity contribution is 4.90. The van der Waals surface area contributed by atoms with Crippen LogP contribution in [0.3, 0.4) is 0 Å². The van der Waals surface area contributed by atoms with Crippen LogP contribution in [-0.4, -0.2) is 37.1 Å². The molecule has 12 heavy (non-hydrogen) atoms. The highest BCUT2D eigenvalue weighted by atomic mass is 16.0. The molecule has 0 aromatic carbocycles. The quantitative estimate of drug-likeness (QED) is 0.552. The lowest BCUT2D eigenvalue weighted by molar-refractivity contribution is -0.899. The van der Waals surface area contributed by atoms with Crippen molar-refractivity contribution in [3.05, 3.63) is 0 Å². The highest BCUT2D eigenvalue weighted by Crippen LogP contribution is 2.47. The summed E-state index contributed by atoms with van der Waals surface area (Å²) in [4.78, 5) is 0. The second kappa shape index (κ2) is 3.00. The first-order valence-electron chi connectivity index (χ1n) is 4.88. The number of hydrogen-bond donors (Lipinski definition) is 0. The van der Waals surface area contributed by atoms with Crippen molar-refractivity contribution in [2.45, 2.75) is 31.7 Å². The molecule has 3 atom stereocenters. The summed E-state index contributed by atoms with van der Waals surface area (Å²) in [6.07, 6.45) is 6.10. The SMILES string of the molecule is C[N+](C)(C)C1CC2CCC1C2.[OH-]. The van der Waals surface area contributed by atoms with Crippen LogP contribution in [0.1, 0.15) is 25.7 Å². The summed E-state index contributed by atoms with van der Waals surface area (Å²) < 4.78 is 1.20. The summed E-state index contributed by atoms with van der Waals surface area (Å²) in [5.41, 5.74) is 0. The molecule has 0 aliphatic heterocycles. The molecule has 2 saturated carbocycles. The summed E-state index contributed by atoms with van der Waals surface area (Å²) in [5, 5.41) is 0. The lowest BCUT2D eigenvalue weighted by Crippen LogP contribution is -2.47. The normalized spacial score (nSPS) is 39.8. The molecule has 1 N–H and O–H groups in total.